The number of ether oxygens (including phenoxy) is 3. The van der Waals surface area contributed by atoms with Crippen molar-refractivity contribution in [3.63, 3.8) is 0 Å². The van der Waals surface area contributed by atoms with Gasteiger partial charge in [0.05, 0.1) is 32.5 Å². The van der Waals surface area contributed by atoms with E-state index in [-0.39, 0.29) is 5.91 Å². The van der Waals surface area contributed by atoms with Crippen molar-refractivity contribution < 1.29 is 19.0 Å². The molecule has 2 N–H and O–H groups in total. The van der Waals surface area contributed by atoms with Gasteiger partial charge in [-0.25, -0.2) is 4.68 Å². The van der Waals surface area contributed by atoms with Gasteiger partial charge in [0.25, 0.3) is 5.91 Å². The van der Waals surface area contributed by atoms with E-state index in [2.05, 4.69) is 25.9 Å². The summed E-state index contributed by atoms with van der Waals surface area (Å²) in [6.45, 7) is 0.454. The van der Waals surface area contributed by atoms with Crippen LogP contribution in [0, 0.1) is 0 Å². The highest BCUT2D eigenvalue weighted by Crippen LogP contribution is 2.28. The molecule has 0 aliphatic heterocycles. The maximum Gasteiger partial charge on any atom is 0.254 e. The number of anilines is 1. The van der Waals surface area contributed by atoms with Gasteiger partial charge >= 0.3 is 0 Å². The number of hydrogen-bond donors (Lipinski definition) is 2. The summed E-state index contributed by atoms with van der Waals surface area (Å²) in [5.41, 5.74) is 2.56. The molecule has 5 aromatic rings. The van der Waals surface area contributed by atoms with E-state index in [0.29, 0.717) is 35.0 Å². The number of methoxy groups -OCH3 is 2. The van der Waals surface area contributed by atoms with E-state index in [1.54, 1.807) is 61.6 Å². The molecule has 3 aromatic carbocycles. The molecule has 0 fully saturated rings. The minimum absolute atomic E-state index is 0.319. The van der Waals surface area contributed by atoms with Crippen molar-refractivity contribution in [1.82, 2.24) is 25.3 Å². The highest BCUT2D eigenvalue weighted by atomic mass is 16.5. The zero-order valence-electron chi connectivity index (χ0n) is 22.0. The van der Waals surface area contributed by atoms with Crippen LogP contribution in [0.25, 0.3) is 0 Å². The Morgan fingerprint density at radius 2 is 1.65 bits per heavy atom. The molecule has 1 unspecified atom stereocenters. The first-order valence-corrected chi connectivity index (χ1v) is 12.5. The SMILES string of the molecule is COc1cc(NC(NC(=O)c2cccnc2)c2cn(Cc3cccc(Oc4ccccc4)c3)nn2)cc(OC)c1. The van der Waals surface area contributed by atoms with Crippen LogP contribution in [0.4, 0.5) is 5.69 Å². The number of carbonyl (C=O) groups is 1. The average Bonchev–Trinajstić information content (AvgIpc) is 3.46. The molecule has 202 valence electrons. The van der Waals surface area contributed by atoms with Gasteiger partial charge in [-0.15, -0.1) is 5.10 Å². The molecule has 10 heteroatoms. The average molecular weight is 537 g/mol. The van der Waals surface area contributed by atoms with Gasteiger partial charge in [-0.1, -0.05) is 35.5 Å². The Hall–Kier alpha value is -5.38. The zero-order chi connectivity index (χ0) is 27.7. The van der Waals surface area contributed by atoms with Crippen LogP contribution in [-0.4, -0.2) is 40.1 Å². The largest absolute Gasteiger partial charge is 0.497 e. The van der Waals surface area contributed by atoms with Crippen LogP contribution >= 0.6 is 0 Å². The number of amides is 1. The molecule has 0 spiro atoms. The lowest BCUT2D eigenvalue weighted by atomic mass is 10.2. The second-order valence-corrected chi connectivity index (χ2v) is 8.80. The number of carbonyl (C=O) groups excluding carboxylic acids is 1. The van der Waals surface area contributed by atoms with Gasteiger partial charge in [-0.3, -0.25) is 9.78 Å². The van der Waals surface area contributed by atoms with Crippen LogP contribution in [0.1, 0.15) is 27.8 Å². The van der Waals surface area contributed by atoms with E-state index < -0.39 is 6.17 Å². The lowest BCUT2D eigenvalue weighted by Crippen LogP contribution is -2.33. The zero-order valence-corrected chi connectivity index (χ0v) is 22.0. The van der Waals surface area contributed by atoms with E-state index in [9.17, 15) is 4.79 Å². The third-order valence-corrected chi connectivity index (χ3v) is 5.94. The number of para-hydroxylation sites is 1. The molecule has 10 nitrogen and oxygen atoms in total. The maximum absolute atomic E-state index is 13.0. The molecule has 0 saturated carbocycles. The number of benzene rings is 3. The van der Waals surface area contributed by atoms with Gasteiger partial charge in [0.2, 0.25) is 0 Å². The van der Waals surface area contributed by atoms with E-state index in [4.69, 9.17) is 14.2 Å². The maximum atomic E-state index is 13.0. The fraction of sp³-hybridized carbons (Fsp3) is 0.133. The van der Waals surface area contributed by atoms with Crippen molar-refractivity contribution in [1.29, 1.82) is 0 Å². The first-order chi connectivity index (χ1) is 19.6. The van der Waals surface area contributed by atoms with E-state index >= 15 is 0 Å². The number of pyridine rings is 1. The number of nitrogens with one attached hydrogen (secondary N) is 2. The highest BCUT2D eigenvalue weighted by molar-refractivity contribution is 5.94. The molecule has 0 aliphatic rings. The topological polar surface area (TPSA) is 112 Å². The minimum atomic E-state index is -0.717. The van der Waals surface area contributed by atoms with E-state index in [1.807, 2.05) is 54.6 Å². The van der Waals surface area contributed by atoms with Crippen LogP contribution in [-0.2, 0) is 6.54 Å². The van der Waals surface area contributed by atoms with Crippen LogP contribution < -0.4 is 24.8 Å². The van der Waals surface area contributed by atoms with Gasteiger partial charge in [0.1, 0.15) is 34.9 Å². The summed E-state index contributed by atoms with van der Waals surface area (Å²) in [4.78, 5) is 17.1. The van der Waals surface area contributed by atoms with Gasteiger partial charge in [-0.05, 0) is 42.0 Å². The molecule has 0 radical (unpaired) electrons. The molecule has 1 amide bonds. The standard InChI is InChI=1S/C30H28N6O4/c1-38-26-15-23(16-27(17-26)39-2)32-29(33-30(37)22-9-7-13-31-18-22)28-20-36(35-34-28)19-21-8-6-12-25(14-21)40-24-10-4-3-5-11-24/h3-18,20,29,32H,19H2,1-2H3,(H,33,37). The predicted octanol–water partition coefficient (Wildman–Crippen LogP) is 5.07. The quantitative estimate of drug-likeness (QED) is 0.225. The Bertz CT molecular complexity index is 1540. The Kier molecular flexibility index (Phi) is 8.16. The monoisotopic (exact) mass is 536 g/mol. The first kappa shape index (κ1) is 26.2. The Labute approximate surface area is 231 Å². The third kappa shape index (κ3) is 6.73. The van der Waals surface area contributed by atoms with Crippen molar-refractivity contribution in [2.24, 2.45) is 0 Å². The van der Waals surface area contributed by atoms with Crippen molar-refractivity contribution in [3.05, 3.63) is 120 Å². The molecular formula is C30H28N6O4. The molecular weight excluding hydrogens is 508 g/mol. The van der Waals surface area contributed by atoms with Gasteiger partial charge < -0.3 is 24.8 Å². The number of rotatable bonds is 11. The highest BCUT2D eigenvalue weighted by Gasteiger charge is 2.20. The third-order valence-electron chi connectivity index (χ3n) is 5.94. The first-order valence-electron chi connectivity index (χ1n) is 12.5. The fourth-order valence-electron chi connectivity index (χ4n) is 3.99. The molecule has 0 aliphatic carbocycles. The summed E-state index contributed by atoms with van der Waals surface area (Å²) in [6, 6.07) is 26.1. The lowest BCUT2D eigenvalue weighted by Gasteiger charge is -2.20. The Morgan fingerprint density at radius 1 is 0.875 bits per heavy atom. The molecule has 2 heterocycles. The van der Waals surface area contributed by atoms with Crippen molar-refractivity contribution >= 4 is 11.6 Å². The summed E-state index contributed by atoms with van der Waals surface area (Å²) in [6.07, 6.45) is 4.18. The van der Waals surface area contributed by atoms with E-state index in [1.165, 1.54) is 6.20 Å². The summed E-state index contributed by atoms with van der Waals surface area (Å²) >= 11 is 0. The molecule has 0 saturated heterocycles. The van der Waals surface area contributed by atoms with Crippen molar-refractivity contribution in [2.75, 3.05) is 19.5 Å². The van der Waals surface area contributed by atoms with Crippen molar-refractivity contribution in [3.8, 4) is 23.0 Å². The summed E-state index contributed by atoms with van der Waals surface area (Å²) < 4.78 is 18.5. The van der Waals surface area contributed by atoms with Crippen LogP contribution in [0.5, 0.6) is 23.0 Å². The summed E-state index contributed by atoms with van der Waals surface area (Å²) in [7, 11) is 3.15. The normalized spacial score (nSPS) is 11.3. The predicted molar refractivity (Wildman–Crippen MR) is 150 cm³/mol. The molecule has 40 heavy (non-hydrogen) atoms. The van der Waals surface area contributed by atoms with Crippen molar-refractivity contribution in [2.45, 2.75) is 12.7 Å². The Balaban J connectivity index is 1.37. The second kappa shape index (κ2) is 12.4. The summed E-state index contributed by atoms with van der Waals surface area (Å²) in [5.74, 6) is 2.36. The summed E-state index contributed by atoms with van der Waals surface area (Å²) in [5, 5.41) is 15.0. The number of nitrogens with zero attached hydrogens (tertiary/aromatic N) is 4. The molecule has 5 rings (SSSR count). The Morgan fingerprint density at radius 3 is 2.38 bits per heavy atom. The fourth-order valence-corrected chi connectivity index (χ4v) is 3.99. The van der Waals surface area contributed by atoms with Crippen LogP contribution in [0.15, 0.2) is 104 Å². The van der Waals surface area contributed by atoms with Gasteiger partial charge in [0.15, 0.2) is 0 Å². The van der Waals surface area contributed by atoms with Crippen LogP contribution in [0.2, 0.25) is 0 Å². The lowest BCUT2D eigenvalue weighted by molar-refractivity contribution is 0.0940. The van der Waals surface area contributed by atoms with Gasteiger partial charge in [0, 0.05) is 36.3 Å². The van der Waals surface area contributed by atoms with Gasteiger partial charge in [-0.2, -0.15) is 0 Å². The molecule has 0 bridgehead atoms. The second-order valence-electron chi connectivity index (χ2n) is 8.80. The molecule has 2 aromatic heterocycles. The number of aromatic nitrogens is 4. The van der Waals surface area contributed by atoms with E-state index in [0.717, 1.165) is 17.1 Å². The minimum Gasteiger partial charge on any atom is -0.497 e. The number of hydrogen-bond acceptors (Lipinski definition) is 8. The smallest absolute Gasteiger partial charge is 0.254 e. The van der Waals surface area contributed by atoms with Crippen LogP contribution in [0.3, 0.4) is 0 Å². The molecule has 1 atom stereocenters.